The Kier molecular flexibility index (Phi) is 8.32. The lowest BCUT2D eigenvalue weighted by atomic mass is 9.95. The zero-order valence-electron chi connectivity index (χ0n) is 25.2. The molecule has 5 atom stereocenters. The third-order valence-electron chi connectivity index (χ3n) is 9.79. The number of amides is 4. The number of carbonyl (C=O) groups is 4. The molecule has 5 aliphatic rings. The largest absolute Gasteiger partial charge is 0.392 e. The maximum atomic E-state index is 13.5. The molecule has 2 aromatic carbocycles. The van der Waals surface area contributed by atoms with E-state index in [1.54, 1.807) is 28.2 Å². The molecule has 5 saturated heterocycles. The van der Waals surface area contributed by atoms with Crippen LogP contribution in [0.15, 0.2) is 48.5 Å². The second kappa shape index (κ2) is 11.5. The van der Waals surface area contributed by atoms with Gasteiger partial charge in [-0.05, 0) is 75.4 Å². The van der Waals surface area contributed by atoms with Gasteiger partial charge in [0.2, 0.25) is 4.87 Å². The van der Waals surface area contributed by atoms with Gasteiger partial charge < -0.3 is 29.8 Å². The van der Waals surface area contributed by atoms with E-state index < -0.39 is 42.2 Å². The number of piperazine rings is 2. The van der Waals surface area contributed by atoms with Crippen molar-refractivity contribution < 1.29 is 29.4 Å². The summed E-state index contributed by atoms with van der Waals surface area (Å²) in [7, 11) is 9.18. The molecular weight excluding hydrogens is 673 g/mol. The standard InChI is InChI=1S/C30H34N4O6S5/c1-31-24(38)28(17-35)32(2)23(37)27(31,42-43-28)15-21-11-7-19(8-12-21)5-6-20-9-13-22(14-10-20)16-29-25(39)34(4)30(18-36,45(29)44-41)26(40)33(29)3/h7-14,35-36H,5-6,15-18H2,1-4H3/t27-,28-,29+,30+,45?/m0/s1. The molecular formula is C30H34N4O6S5. The Labute approximate surface area is 279 Å². The molecule has 0 spiro atoms. The Morgan fingerprint density at radius 2 is 1.04 bits per heavy atom. The number of fused-ring (bicyclic) bond motifs is 5. The summed E-state index contributed by atoms with van der Waals surface area (Å²) in [4.78, 5) is 54.2. The van der Waals surface area contributed by atoms with Gasteiger partial charge in [-0.15, -0.1) is 0 Å². The minimum atomic E-state index is -1.30. The van der Waals surface area contributed by atoms with Gasteiger partial charge in [-0.2, -0.15) is 0 Å². The highest BCUT2D eigenvalue weighted by atomic mass is 33.1. The lowest BCUT2D eigenvalue weighted by Gasteiger charge is -2.58. The van der Waals surface area contributed by atoms with E-state index in [2.05, 4.69) is 0 Å². The van der Waals surface area contributed by atoms with Crippen LogP contribution in [0.4, 0.5) is 0 Å². The first-order chi connectivity index (χ1) is 21.4. The van der Waals surface area contributed by atoms with Crippen LogP contribution in [0.25, 0.3) is 0 Å². The van der Waals surface area contributed by atoms with Crippen molar-refractivity contribution in [2.45, 2.75) is 45.2 Å². The number of hydrogen-bond acceptors (Lipinski definition) is 9. The predicted octanol–water partition coefficient (Wildman–Crippen LogP) is 0.674. The fraction of sp³-hybridized carbons (Fsp3) is 0.467. The second-order valence-corrected chi connectivity index (χ2v) is 19.2. The topological polar surface area (TPSA) is 122 Å². The SMILES string of the molecule is CN1C(=O)[C@]2(Cc3ccc(CCc4ccc(C[C@@]56C(=O)N(C)[C@@](CO)(C(=O)N5C)S6=S=S)cc4)cc3)SS[C@@]1(CO)C(=O)N2C. The van der Waals surface area contributed by atoms with E-state index in [1.807, 2.05) is 48.5 Å². The van der Waals surface area contributed by atoms with E-state index >= 15 is 0 Å². The number of rotatable bonds is 9. The second-order valence-electron chi connectivity index (χ2n) is 11.9. The van der Waals surface area contributed by atoms with E-state index in [4.69, 9.17) is 11.2 Å². The fourth-order valence-corrected chi connectivity index (χ4v) is 17.0. The maximum absolute atomic E-state index is 13.5. The average molecular weight is 707 g/mol. The van der Waals surface area contributed by atoms with Crippen LogP contribution in [0.1, 0.15) is 22.3 Å². The lowest BCUT2D eigenvalue weighted by molar-refractivity contribution is -0.165. The van der Waals surface area contributed by atoms with Crippen LogP contribution >= 0.6 is 21.6 Å². The molecule has 0 saturated carbocycles. The molecule has 5 aliphatic heterocycles. The summed E-state index contributed by atoms with van der Waals surface area (Å²) in [6, 6.07) is 16.2. The first-order valence-electron chi connectivity index (χ1n) is 14.3. The van der Waals surface area contributed by atoms with Gasteiger partial charge in [0.15, 0.2) is 14.6 Å². The van der Waals surface area contributed by atoms with Gasteiger partial charge in [-0.3, -0.25) is 19.2 Å². The summed E-state index contributed by atoms with van der Waals surface area (Å²) in [5.41, 5.74) is 4.13. The number of aliphatic hydroxyl groups is 2. The monoisotopic (exact) mass is 706 g/mol. The predicted molar refractivity (Wildman–Crippen MR) is 181 cm³/mol. The van der Waals surface area contributed by atoms with E-state index in [0.717, 1.165) is 44.0 Å². The van der Waals surface area contributed by atoms with Crippen LogP contribution < -0.4 is 0 Å². The molecule has 0 aliphatic carbocycles. The van der Waals surface area contributed by atoms with Gasteiger partial charge in [0, 0.05) is 41.0 Å². The van der Waals surface area contributed by atoms with Crippen molar-refractivity contribution in [3.63, 3.8) is 0 Å². The van der Waals surface area contributed by atoms with Crippen molar-refractivity contribution in [1.82, 2.24) is 19.6 Å². The molecule has 4 amide bonds. The lowest BCUT2D eigenvalue weighted by Crippen LogP contribution is -2.77. The quantitative estimate of drug-likeness (QED) is 0.363. The van der Waals surface area contributed by atoms with Crippen LogP contribution in [-0.4, -0.2) is 114 Å². The minimum Gasteiger partial charge on any atom is -0.392 e. The number of likely N-dealkylation sites (N-methyl/N-ethyl adjacent to an activating group) is 4. The van der Waals surface area contributed by atoms with E-state index in [9.17, 15) is 29.4 Å². The van der Waals surface area contributed by atoms with Crippen molar-refractivity contribution in [2.24, 2.45) is 0 Å². The highest BCUT2D eigenvalue weighted by Crippen LogP contribution is 2.59. The number of benzene rings is 2. The minimum absolute atomic E-state index is 0.184. The van der Waals surface area contributed by atoms with Gasteiger partial charge in [0.25, 0.3) is 23.6 Å². The number of aryl methyl sites for hydroxylation is 2. The normalized spacial score (nSPS) is 32.4. The van der Waals surface area contributed by atoms with Crippen molar-refractivity contribution in [3.05, 3.63) is 70.8 Å². The molecule has 5 fully saturated rings. The molecule has 7 rings (SSSR count). The van der Waals surface area contributed by atoms with E-state index in [-0.39, 0.29) is 23.6 Å². The van der Waals surface area contributed by atoms with E-state index in [0.29, 0.717) is 12.8 Å². The average Bonchev–Trinajstić information content (AvgIpc) is 3.36. The molecule has 5 heterocycles. The Morgan fingerprint density at radius 1 is 0.622 bits per heavy atom. The molecule has 4 bridgehead atoms. The van der Waals surface area contributed by atoms with Gasteiger partial charge >= 0.3 is 0 Å². The van der Waals surface area contributed by atoms with Gasteiger partial charge in [-0.1, -0.05) is 59.3 Å². The van der Waals surface area contributed by atoms with Gasteiger partial charge in [0.1, 0.15) is 0 Å². The Hall–Kier alpha value is -2.27. The zero-order valence-corrected chi connectivity index (χ0v) is 29.3. The molecule has 240 valence electrons. The fourth-order valence-electron chi connectivity index (χ4n) is 6.80. The number of nitrogens with zero attached hydrogens (tertiary/aromatic N) is 4. The van der Waals surface area contributed by atoms with Crippen molar-refractivity contribution >= 4 is 74.7 Å². The Morgan fingerprint density at radius 3 is 1.56 bits per heavy atom. The summed E-state index contributed by atoms with van der Waals surface area (Å²) in [5.74, 6) is -0.907. The molecule has 0 radical (unpaired) electrons. The third-order valence-corrected chi connectivity index (χ3v) is 19.3. The molecule has 10 nitrogen and oxygen atoms in total. The highest BCUT2D eigenvalue weighted by Gasteiger charge is 2.75. The molecule has 45 heavy (non-hydrogen) atoms. The highest BCUT2D eigenvalue weighted by molar-refractivity contribution is 8.78. The Bertz CT molecular complexity index is 1670. The zero-order chi connectivity index (χ0) is 32.5. The summed E-state index contributed by atoms with van der Waals surface area (Å²) in [6.07, 6.45) is 2.29. The molecule has 2 aromatic rings. The Balaban J connectivity index is 1.12. The summed E-state index contributed by atoms with van der Waals surface area (Å²) in [5, 5.41) is 20.2. The summed E-state index contributed by atoms with van der Waals surface area (Å²) >= 11 is 5.35. The van der Waals surface area contributed by atoms with Gasteiger partial charge in [-0.25, -0.2) is 0 Å². The third kappa shape index (κ3) is 4.30. The van der Waals surface area contributed by atoms with Crippen molar-refractivity contribution in [2.75, 3.05) is 41.4 Å². The summed E-state index contributed by atoms with van der Waals surface area (Å²) in [6.45, 7) is -0.886. The van der Waals surface area contributed by atoms with Crippen LogP contribution in [-0.2, 0) is 74.4 Å². The van der Waals surface area contributed by atoms with Gasteiger partial charge in [0.05, 0.1) is 13.2 Å². The first kappa shape index (κ1) is 32.7. The first-order valence-corrected chi connectivity index (χ1v) is 19.9. The molecule has 1 unspecified atom stereocenters. The number of aliphatic hydroxyl groups excluding tert-OH is 2. The van der Waals surface area contributed by atoms with Crippen molar-refractivity contribution in [1.29, 1.82) is 0 Å². The number of carbonyl (C=O) groups excluding carboxylic acids is 4. The number of hydrogen-bond donors (Lipinski definition) is 2. The van der Waals surface area contributed by atoms with Crippen LogP contribution in [0.2, 0.25) is 0 Å². The molecule has 0 aromatic heterocycles. The van der Waals surface area contributed by atoms with Crippen molar-refractivity contribution in [3.8, 4) is 0 Å². The van der Waals surface area contributed by atoms with Crippen LogP contribution in [0.3, 0.4) is 0 Å². The van der Waals surface area contributed by atoms with Crippen LogP contribution in [0.5, 0.6) is 0 Å². The van der Waals surface area contributed by atoms with Crippen LogP contribution in [0, 0.1) is 0 Å². The maximum Gasteiger partial charge on any atom is 0.263 e. The summed E-state index contributed by atoms with van der Waals surface area (Å²) < 4.78 is 0. The smallest absolute Gasteiger partial charge is 0.263 e. The molecule has 15 heteroatoms. The molecule has 2 N–H and O–H groups in total. The van der Waals surface area contributed by atoms with E-state index in [1.165, 1.54) is 41.2 Å².